The molecule has 0 fully saturated rings. The Labute approximate surface area is 267 Å². The minimum atomic E-state index is -4.87. The van der Waals surface area contributed by atoms with E-state index in [1.165, 1.54) is 25.4 Å². The number of aromatic nitrogens is 1. The summed E-state index contributed by atoms with van der Waals surface area (Å²) in [4.78, 5) is 38.3. The Kier molecular flexibility index (Phi) is 8.62. The summed E-state index contributed by atoms with van der Waals surface area (Å²) in [6, 6.07) is 10.3. The third-order valence-electron chi connectivity index (χ3n) is 6.98. The molecular formula is C32H16BrF7NO6-. The molecule has 0 atom stereocenters. The van der Waals surface area contributed by atoms with E-state index in [4.69, 9.17) is 9.47 Å². The summed E-state index contributed by atoms with van der Waals surface area (Å²) in [5, 5.41) is 11.8. The maximum atomic E-state index is 15.2. The predicted octanol–water partition coefficient (Wildman–Crippen LogP) is 7.19. The van der Waals surface area contributed by atoms with Gasteiger partial charge >= 0.3 is 18.3 Å². The first kappa shape index (κ1) is 33.2. The fourth-order valence-corrected chi connectivity index (χ4v) is 5.23. The Bertz CT molecular complexity index is 2120. The molecule has 5 aromatic rings. The molecule has 0 unspecified atom stereocenters. The third-order valence-corrected chi connectivity index (χ3v) is 7.61. The van der Waals surface area contributed by atoms with Crippen molar-refractivity contribution in [1.29, 1.82) is 0 Å². The Morgan fingerprint density at radius 3 is 2.04 bits per heavy atom. The van der Waals surface area contributed by atoms with Crippen LogP contribution in [-0.4, -0.2) is 23.6 Å². The fraction of sp³-hybridized carbons (Fsp3) is 0.0938. The van der Waals surface area contributed by atoms with E-state index in [1.807, 2.05) is 0 Å². The van der Waals surface area contributed by atoms with Gasteiger partial charge in [-0.25, -0.2) is 9.18 Å². The number of hydrogen-bond donors (Lipinski definition) is 0. The molecule has 0 spiro atoms. The van der Waals surface area contributed by atoms with E-state index in [2.05, 4.69) is 15.9 Å². The molecule has 0 aliphatic carbocycles. The van der Waals surface area contributed by atoms with Crippen LogP contribution in [0.25, 0.3) is 27.6 Å². The van der Waals surface area contributed by atoms with Gasteiger partial charge < -0.3 is 19.4 Å². The van der Waals surface area contributed by atoms with Crippen LogP contribution in [-0.2, 0) is 12.4 Å². The normalized spacial score (nSPS) is 11.9. The average molecular weight is 723 g/mol. The van der Waals surface area contributed by atoms with Crippen LogP contribution in [0.2, 0.25) is 0 Å². The Morgan fingerprint density at radius 2 is 1.47 bits per heavy atom. The maximum absolute atomic E-state index is 15.2. The van der Waals surface area contributed by atoms with Gasteiger partial charge in [0.25, 0.3) is 5.56 Å². The van der Waals surface area contributed by atoms with Gasteiger partial charge in [0.15, 0.2) is 11.6 Å². The van der Waals surface area contributed by atoms with Crippen molar-refractivity contribution in [2.45, 2.75) is 12.4 Å². The number of methoxy groups -OCH3 is 1. The van der Waals surface area contributed by atoms with Crippen molar-refractivity contribution in [2.24, 2.45) is 0 Å². The first-order valence-electron chi connectivity index (χ1n) is 13.0. The monoisotopic (exact) mass is 722 g/mol. The highest BCUT2D eigenvalue weighted by Gasteiger charge is 2.32. The summed E-state index contributed by atoms with van der Waals surface area (Å²) in [7, 11) is 1.25. The summed E-state index contributed by atoms with van der Waals surface area (Å²) in [6.07, 6.45) is -8.29. The number of carbonyl (C=O) groups is 2. The lowest BCUT2D eigenvalue weighted by atomic mass is 9.93. The van der Waals surface area contributed by atoms with Gasteiger partial charge in [0.2, 0.25) is 0 Å². The van der Waals surface area contributed by atoms with Gasteiger partial charge in [-0.3, -0.25) is 9.36 Å². The highest BCUT2D eigenvalue weighted by molar-refractivity contribution is 9.10. The molecule has 4 aromatic carbocycles. The number of hydrogen-bond acceptors (Lipinski definition) is 6. The van der Waals surface area contributed by atoms with E-state index in [0.29, 0.717) is 30.3 Å². The molecule has 0 aliphatic rings. The summed E-state index contributed by atoms with van der Waals surface area (Å²) < 4.78 is 106. The van der Waals surface area contributed by atoms with Gasteiger partial charge in [0, 0.05) is 27.7 Å². The minimum absolute atomic E-state index is 0.0670. The standard InChI is InChI=1S/C32H17BrF7NO6/c1-46-19-12-22(21-10-17(32(38,39)40)6-8-20(21)29(43)44)27-23(13-19)24(33)14-41(28(27)42)18-7-9-26(25(34)11-18)47-30(45)15-2-4-16(5-3-15)31(35,36)37/h2-14H,1H3,(H,43,44)/p-1. The van der Waals surface area contributed by atoms with Crippen molar-refractivity contribution in [1.82, 2.24) is 4.57 Å². The zero-order valence-electron chi connectivity index (χ0n) is 23.4. The van der Waals surface area contributed by atoms with Gasteiger partial charge in [-0.15, -0.1) is 0 Å². The SMILES string of the molecule is COc1cc(-c2cc(C(F)(F)F)ccc2C(=O)[O-])c2c(=O)n(-c3ccc(OC(=O)c4ccc(C(F)(F)F)cc4)c(F)c3)cc(Br)c2c1. The topological polar surface area (TPSA) is 97.7 Å². The molecule has 0 radical (unpaired) electrons. The molecule has 0 N–H and O–H groups in total. The highest BCUT2D eigenvalue weighted by Crippen LogP contribution is 2.39. The Hall–Kier alpha value is -5.18. The van der Waals surface area contributed by atoms with E-state index < -0.39 is 63.7 Å². The second-order valence-electron chi connectivity index (χ2n) is 9.87. The first-order chi connectivity index (χ1) is 22.0. The quantitative estimate of drug-likeness (QED) is 0.105. The van der Waals surface area contributed by atoms with Crippen LogP contribution in [0.15, 0.2) is 88.3 Å². The van der Waals surface area contributed by atoms with Crippen molar-refractivity contribution in [3.63, 3.8) is 0 Å². The van der Waals surface area contributed by atoms with Crippen LogP contribution in [0, 0.1) is 5.82 Å². The van der Waals surface area contributed by atoms with Crippen molar-refractivity contribution >= 4 is 38.6 Å². The smallest absolute Gasteiger partial charge is 0.416 e. The molecule has 1 heterocycles. The number of carboxylic acids is 1. The highest BCUT2D eigenvalue weighted by atomic mass is 79.9. The minimum Gasteiger partial charge on any atom is -0.545 e. The molecule has 47 heavy (non-hydrogen) atoms. The molecule has 0 aliphatic heterocycles. The second kappa shape index (κ2) is 12.2. The number of rotatable bonds is 6. The number of fused-ring (bicyclic) bond motifs is 1. The second-order valence-corrected chi connectivity index (χ2v) is 10.7. The lowest BCUT2D eigenvalue weighted by Crippen LogP contribution is -2.24. The van der Waals surface area contributed by atoms with E-state index in [1.54, 1.807) is 0 Å². The van der Waals surface area contributed by atoms with Gasteiger partial charge in [0.1, 0.15) is 5.75 Å². The fourth-order valence-electron chi connectivity index (χ4n) is 4.72. The molecule has 5 rings (SSSR count). The van der Waals surface area contributed by atoms with Crippen molar-refractivity contribution in [2.75, 3.05) is 7.11 Å². The largest absolute Gasteiger partial charge is 0.545 e. The number of pyridine rings is 1. The van der Waals surface area contributed by atoms with Crippen LogP contribution < -0.4 is 20.1 Å². The number of carbonyl (C=O) groups excluding carboxylic acids is 2. The average Bonchev–Trinajstić information content (AvgIpc) is 3.02. The van der Waals surface area contributed by atoms with Crippen molar-refractivity contribution in [3.05, 3.63) is 122 Å². The van der Waals surface area contributed by atoms with Gasteiger partial charge in [-0.05, 0) is 87.7 Å². The van der Waals surface area contributed by atoms with Gasteiger partial charge in [0.05, 0.1) is 40.8 Å². The summed E-state index contributed by atoms with van der Waals surface area (Å²) >= 11 is 3.29. The van der Waals surface area contributed by atoms with Crippen LogP contribution in [0.3, 0.4) is 0 Å². The molecule has 7 nitrogen and oxygen atoms in total. The zero-order valence-corrected chi connectivity index (χ0v) is 25.0. The molecule has 0 saturated carbocycles. The number of halogens is 8. The van der Waals surface area contributed by atoms with Crippen molar-refractivity contribution < 1.29 is 54.9 Å². The van der Waals surface area contributed by atoms with E-state index in [9.17, 15) is 45.8 Å². The van der Waals surface area contributed by atoms with Crippen LogP contribution >= 0.6 is 15.9 Å². The number of benzene rings is 4. The first-order valence-corrected chi connectivity index (χ1v) is 13.8. The number of aromatic carboxylic acids is 1. The number of nitrogens with zero attached hydrogens (tertiary/aromatic N) is 1. The number of carboxylic acid groups (broad SMARTS) is 1. The van der Waals surface area contributed by atoms with Crippen LogP contribution in [0.4, 0.5) is 30.7 Å². The van der Waals surface area contributed by atoms with Crippen molar-refractivity contribution in [3.8, 4) is 28.3 Å². The summed E-state index contributed by atoms with van der Waals surface area (Å²) in [5.41, 5.74) is -4.97. The molecule has 0 amide bonds. The molecule has 15 heteroatoms. The number of esters is 1. The molecule has 0 saturated heterocycles. The van der Waals surface area contributed by atoms with E-state index >= 15 is 4.39 Å². The summed E-state index contributed by atoms with van der Waals surface area (Å²) in [5.74, 6) is -4.70. The lowest BCUT2D eigenvalue weighted by Gasteiger charge is -2.18. The third kappa shape index (κ3) is 6.56. The van der Waals surface area contributed by atoms with E-state index in [0.717, 1.165) is 34.9 Å². The van der Waals surface area contributed by atoms with Gasteiger partial charge in [-0.1, -0.05) is 6.07 Å². The Balaban J connectivity index is 1.62. The maximum Gasteiger partial charge on any atom is 0.416 e. The molecular weight excluding hydrogens is 707 g/mol. The number of alkyl halides is 6. The van der Waals surface area contributed by atoms with E-state index in [-0.39, 0.29) is 37.8 Å². The molecule has 1 aromatic heterocycles. The van der Waals surface area contributed by atoms with Crippen LogP contribution in [0.1, 0.15) is 31.8 Å². The number of ether oxygens (including phenoxy) is 2. The zero-order chi connectivity index (χ0) is 34.4. The molecule has 242 valence electrons. The summed E-state index contributed by atoms with van der Waals surface area (Å²) in [6.45, 7) is 0. The molecule has 0 bridgehead atoms. The predicted molar refractivity (Wildman–Crippen MR) is 155 cm³/mol. The Morgan fingerprint density at radius 1 is 0.830 bits per heavy atom. The lowest BCUT2D eigenvalue weighted by molar-refractivity contribution is -0.255. The van der Waals surface area contributed by atoms with Crippen LogP contribution in [0.5, 0.6) is 11.5 Å². The van der Waals surface area contributed by atoms with Gasteiger partial charge in [-0.2, -0.15) is 26.3 Å².